The number of carbonyl (C=O) groups excluding carboxylic acids is 1. The summed E-state index contributed by atoms with van der Waals surface area (Å²) in [6.45, 7) is 2.06. The van der Waals surface area contributed by atoms with Crippen molar-refractivity contribution in [3.63, 3.8) is 0 Å². The largest absolute Gasteiger partial charge is 0.319 e. The van der Waals surface area contributed by atoms with Gasteiger partial charge in [0.05, 0.1) is 10.2 Å². The third-order valence-corrected chi connectivity index (χ3v) is 4.71. The van der Waals surface area contributed by atoms with Gasteiger partial charge in [-0.3, -0.25) is 10.1 Å². The molecule has 0 bridgehead atoms. The fourth-order valence-corrected chi connectivity index (χ4v) is 3.58. The van der Waals surface area contributed by atoms with Crippen molar-refractivity contribution < 1.29 is 4.79 Å². The van der Waals surface area contributed by atoms with Gasteiger partial charge in [-0.2, -0.15) is 4.99 Å². The molecule has 1 N–H and O–H groups in total. The number of fused-ring (bicyclic) bond motifs is 1. The lowest BCUT2D eigenvalue weighted by Crippen LogP contribution is -2.29. The molecule has 0 unspecified atom stereocenters. The molecule has 0 radical (unpaired) electrons. The molecule has 0 aliphatic rings. The Morgan fingerprint density at radius 1 is 1.22 bits per heavy atom. The van der Waals surface area contributed by atoms with Gasteiger partial charge in [0, 0.05) is 12.6 Å². The van der Waals surface area contributed by atoms with E-state index in [0.717, 1.165) is 15.0 Å². The van der Waals surface area contributed by atoms with Gasteiger partial charge in [0.25, 0.3) is 5.91 Å². The van der Waals surface area contributed by atoms with Gasteiger partial charge in [-0.15, -0.1) is 0 Å². The van der Waals surface area contributed by atoms with Crippen molar-refractivity contribution in [1.82, 2.24) is 9.88 Å². The second kappa shape index (κ2) is 6.44. The summed E-state index contributed by atoms with van der Waals surface area (Å²) >= 11 is 6.74. The van der Waals surface area contributed by atoms with Gasteiger partial charge in [0.1, 0.15) is 0 Å². The maximum Gasteiger partial charge on any atom is 0.257 e. The van der Waals surface area contributed by atoms with Gasteiger partial charge in [-0.25, -0.2) is 0 Å². The van der Waals surface area contributed by atoms with E-state index >= 15 is 0 Å². The summed E-state index contributed by atoms with van der Waals surface area (Å²) in [4.78, 5) is 17.2. The van der Waals surface area contributed by atoms with Crippen LogP contribution in [0.25, 0.3) is 10.2 Å². The van der Waals surface area contributed by atoms with Crippen molar-refractivity contribution in [3.8, 4) is 0 Å². The number of nitrogens with one attached hydrogen (secondary N) is 1. The Bertz CT molecular complexity index is 955. The zero-order chi connectivity index (χ0) is 16.4. The van der Waals surface area contributed by atoms with E-state index in [1.165, 1.54) is 5.56 Å². The van der Waals surface area contributed by atoms with E-state index in [0.29, 0.717) is 5.56 Å². The second-order valence-electron chi connectivity index (χ2n) is 5.15. The number of hydrogen-bond donors (Lipinski definition) is 1. The number of thiocarbonyl (C=S) groups is 1. The van der Waals surface area contributed by atoms with Crippen molar-refractivity contribution >= 4 is 44.8 Å². The van der Waals surface area contributed by atoms with Crippen molar-refractivity contribution in [2.75, 3.05) is 0 Å². The highest BCUT2D eigenvalue weighted by molar-refractivity contribution is 7.80. The molecule has 0 saturated heterocycles. The number of rotatable bonds is 1. The lowest BCUT2D eigenvalue weighted by Gasteiger charge is -2.02. The highest BCUT2D eigenvalue weighted by Gasteiger charge is 2.07. The Labute approximate surface area is 143 Å². The third-order valence-electron chi connectivity index (χ3n) is 3.42. The standard InChI is InChI=1S/C17H15N3OS2/c1-11-8-9-13-14(10-11)23-17(20(13)2)19-16(22)18-15(21)12-6-4-3-5-7-12/h3-10H,1-2H3,(H,18,21,22)/b19-17+. The number of aryl methyl sites for hydroxylation is 2. The zero-order valence-corrected chi connectivity index (χ0v) is 14.4. The number of aromatic nitrogens is 1. The summed E-state index contributed by atoms with van der Waals surface area (Å²) in [5.41, 5.74) is 2.85. The third kappa shape index (κ3) is 3.38. The van der Waals surface area contributed by atoms with Crippen molar-refractivity contribution in [1.29, 1.82) is 0 Å². The molecule has 4 nitrogen and oxygen atoms in total. The van der Waals surface area contributed by atoms with Gasteiger partial charge in [-0.05, 0) is 49.0 Å². The van der Waals surface area contributed by atoms with E-state index in [2.05, 4.69) is 35.4 Å². The Morgan fingerprint density at radius 3 is 2.70 bits per heavy atom. The SMILES string of the molecule is Cc1ccc2c(c1)s/c(=N/C(=S)NC(=O)c1ccccc1)n2C. The minimum atomic E-state index is -0.251. The zero-order valence-electron chi connectivity index (χ0n) is 12.7. The Kier molecular flexibility index (Phi) is 4.36. The van der Waals surface area contributed by atoms with Gasteiger partial charge < -0.3 is 4.57 Å². The molecule has 3 rings (SSSR count). The maximum atomic E-state index is 12.1. The molecule has 1 aromatic heterocycles. The quantitative estimate of drug-likeness (QED) is 0.691. The van der Waals surface area contributed by atoms with Crippen LogP contribution in [0.5, 0.6) is 0 Å². The monoisotopic (exact) mass is 341 g/mol. The van der Waals surface area contributed by atoms with Gasteiger partial charge in [0.2, 0.25) is 5.11 Å². The predicted octanol–water partition coefficient (Wildman–Crippen LogP) is 3.16. The fraction of sp³-hybridized carbons (Fsp3) is 0.118. The molecule has 2 aromatic carbocycles. The molecule has 0 saturated carbocycles. The molecule has 0 aliphatic heterocycles. The first-order chi connectivity index (χ1) is 11.0. The second-order valence-corrected chi connectivity index (χ2v) is 6.55. The first-order valence-corrected chi connectivity index (χ1v) is 8.28. The average Bonchev–Trinajstić information content (AvgIpc) is 2.83. The van der Waals surface area contributed by atoms with Crippen LogP contribution >= 0.6 is 23.6 Å². The number of amides is 1. The molecule has 6 heteroatoms. The lowest BCUT2D eigenvalue weighted by molar-refractivity contribution is 0.0977. The van der Waals surface area contributed by atoms with Gasteiger partial charge >= 0.3 is 0 Å². The molecule has 116 valence electrons. The van der Waals surface area contributed by atoms with Crippen LogP contribution in [0.1, 0.15) is 15.9 Å². The van der Waals surface area contributed by atoms with Crippen molar-refractivity contribution in [2.45, 2.75) is 6.92 Å². The Hall–Kier alpha value is -2.31. The summed E-state index contributed by atoms with van der Waals surface area (Å²) in [6.07, 6.45) is 0. The minimum Gasteiger partial charge on any atom is -0.319 e. The first-order valence-electron chi connectivity index (χ1n) is 7.06. The van der Waals surface area contributed by atoms with Gasteiger partial charge in [0.15, 0.2) is 4.80 Å². The lowest BCUT2D eigenvalue weighted by atomic mass is 10.2. The van der Waals surface area contributed by atoms with Crippen molar-refractivity contribution in [3.05, 3.63) is 64.5 Å². The number of hydrogen-bond acceptors (Lipinski definition) is 3. The highest BCUT2D eigenvalue weighted by atomic mass is 32.1. The van der Waals surface area contributed by atoms with Crippen LogP contribution in [0, 0.1) is 6.92 Å². The molecular formula is C17H15N3OS2. The van der Waals surface area contributed by atoms with Crippen LogP contribution in [0.15, 0.2) is 53.5 Å². The number of carbonyl (C=O) groups is 1. The molecule has 3 aromatic rings. The average molecular weight is 341 g/mol. The summed E-state index contributed by atoms with van der Waals surface area (Å²) in [5, 5.41) is 2.81. The molecule has 1 heterocycles. The van der Waals surface area contributed by atoms with E-state index in [1.807, 2.05) is 29.8 Å². The maximum absolute atomic E-state index is 12.1. The van der Waals surface area contributed by atoms with Crippen LogP contribution in [-0.4, -0.2) is 15.6 Å². The molecule has 0 spiro atoms. The highest BCUT2D eigenvalue weighted by Crippen LogP contribution is 2.17. The molecule has 0 fully saturated rings. The van der Waals surface area contributed by atoms with E-state index in [1.54, 1.807) is 23.5 Å². The van der Waals surface area contributed by atoms with E-state index in [9.17, 15) is 4.79 Å². The molecule has 0 aliphatic carbocycles. The van der Waals surface area contributed by atoms with Crippen LogP contribution < -0.4 is 10.1 Å². The van der Waals surface area contributed by atoms with Crippen molar-refractivity contribution in [2.24, 2.45) is 12.0 Å². The normalized spacial score (nSPS) is 11.7. The first kappa shape index (κ1) is 15.6. The topological polar surface area (TPSA) is 46.4 Å². The Balaban J connectivity index is 1.88. The number of thiazole rings is 1. The van der Waals surface area contributed by atoms with Crippen LogP contribution in [-0.2, 0) is 7.05 Å². The number of nitrogens with zero attached hydrogens (tertiary/aromatic N) is 2. The van der Waals surface area contributed by atoms with Crippen LogP contribution in [0.4, 0.5) is 0 Å². The molecule has 0 atom stereocenters. The van der Waals surface area contributed by atoms with E-state index < -0.39 is 0 Å². The van der Waals surface area contributed by atoms with Crippen LogP contribution in [0.2, 0.25) is 0 Å². The molecule has 1 amide bonds. The Morgan fingerprint density at radius 2 is 1.96 bits per heavy atom. The van der Waals surface area contributed by atoms with Crippen LogP contribution in [0.3, 0.4) is 0 Å². The fourth-order valence-electron chi connectivity index (χ4n) is 2.22. The smallest absolute Gasteiger partial charge is 0.257 e. The minimum absolute atomic E-state index is 0.165. The summed E-state index contributed by atoms with van der Waals surface area (Å²) in [6, 6.07) is 15.2. The van der Waals surface area contributed by atoms with Gasteiger partial charge in [-0.1, -0.05) is 35.6 Å². The number of benzene rings is 2. The summed E-state index contributed by atoms with van der Waals surface area (Å²) in [7, 11) is 1.94. The predicted molar refractivity (Wildman–Crippen MR) is 97.6 cm³/mol. The summed E-state index contributed by atoms with van der Waals surface area (Å²) in [5.74, 6) is -0.251. The molecular weight excluding hydrogens is 326 g/mol. The molecule has 23 heavy (non-hydrogen) atoms. The summed E-state index contributed by atoms with van der Waals surface area (Å²) < 4.78 is 3.11. The van der Waals surface area contributed by atoms with E-state index in [4.69, 9.17) is 12.2 Å². The van der Waals surface area contributed by atoms with E-state index in [-0.39, 0.29) is 11.0 Å².